The highest BCUT2D eigenvalue weighted by Crippen LogP contribution is 2.45. The smallest absolute Gasteiger partial charge is 0.0660 e. The lowest BCUT2D eigenvalue weighted by Crippen LogP contribution is -2.45. The van der Waals surface area contributed by atoms with E-state index in [2.05, 4.69) is 51.1 Å². The Morgan fingerprint density at radius 3 is 2.58 bits per heavy atom. The summed E-state index contributed by atoms with van der Waals surface area (Å²) in [5.41, 5.74) is 2.43. The van der Waals surface area contributed by atoms with Crippen molar-refractivity contribution < 1.29 is 4.74 Å². The lowest BCUT2D eigenvalue weighted by atomic mass is 9.66. The first-order valence-electron chi connectivity index (χ1n) is 7.12. The minimum Gasteiger partial charge on any atom is -0.375 e. The maximum atomic E-state index is 9.25. The van der Waals surface area contributed by atoms with Gasteiger partial charge in [0.1, 0.15) is 0 Å². The molecule has 19 heavy (non-hydrogen) atoms. The Balaban J connectivity index is 2.37. The van der Waals surface area contributed by atoms with E-state index in [-0.39, 0.29) is 11.0 Å². The van der Waals surface area contributed by atoms with Crippen molar-refractivity contribution in [2.75, 3.05) is 6.61 Å². The van der Waals surface area contributed by atoms with E-state index in [0.717, 1.165) is 25.9 Å². The molecule has 1 aromatic rings. The third kappa shape index (κ3) is 2.82. The van der Waals surface area contributed by atoms with Crippen LogP contribution in [0.4, 0.5) is 0 Å². The molecule has 0 aliphatic carbocycles. The summed E-state index contributed by atoms with van der Waals surface area (Å²) in [4.78, 5) is 0. The van der Waals surface area contributed by atoms with Gasteiger partial charge in [0, 0.05) is 18.4 Å². The van der Waals surface area contributed by atoms with Crippen LogP contribution in [0, 0.1) is 18.3 Å². The van der Waals surface area contributed by atoms with Crippen molar-refractivity contribution in [1.82, 2.24) is 0 Å². The predicted molar refractivity (Wildman–Crippen MR) is 77.0 cm³/mol. The first-order chi connectivity index (χ1) is 9.03. The highest BCUT2D eigenvalue weighted by atomic mass is 16.5. The van der Waals surface area contributed by atoms with Crippen molar-refractivity contribution in [3.63, 3.8) is 0 Å². The number of nitrogens with zero attached hydrogens (tertiary/aromatic N) is 1. The van der Waals surface area contributed by atoms with E-state index in [1.807, 2.05) is 0 Å². The van der Waals surface area contributed by atoms with Crippen molar-refractivity contribution in [3.8, 4) is 6.07 Å². The molecular weight excluding hydrogens is 234 g/mol. The van der Waals surface area contributed by atoms with Gasteiger partial charge in [-0.3, -0.25) is 0 Å². The second-order valence-electron chi connectivity index (χ2n) is 6.06. The highest BCUT2D eigenvalue weighted by molar-refractivity contribution is 5.31. The SMILES string of the molecule is CC[C@@]1(C)C[C@](CC#N)(c2ccc(C)cc2)CCO1. The predicted octanol–water partition coefficient (Wildman–Crippen LogP) is 4.13. The molecule has 2 atom stereocenters. The molecule has 0 unspecified atom stereocenters. The van der Waals surface area contributed by atoms with Crippen LogP contribution in [0.2, 0.25) is 0 Å². The second-order valence-corrected chi connectivity index (χ2v) is 6.06. The molecular formula is C17H23NO. The zero-order valence-electron chi connectivity index (χ0n) is 12.2. The van der Waals surface area contributed by atoms with Gasteiger partial charge in [0.25, 0.3) is 0 Å². The molecule has 0 amide bonds. The Morgan fingerprint density at radius 2 is 2.00 bits per heavy atom. The van der Waals surface area contributed by atoms with E-state index in [4.69, 9.17) is 4.74 Å². The highest BCUT2D eigenvalue weighted by Gasteiger charge is 2.43. The van der Waals surface area contributed by atoms with Crippen molar-refractivity contribution in [3.05, 3.63) is 35.4 Å². The van der Waals surface area contributed by atoms with E-state index in [1.54, 1.807) is 0 Å². The first-order valence-corrected chi connectivity index (χ1v) is 7.12. The Morgan fingerprint density at radius 1 is 1.32 bits per heavy atom. The number of hydrogen-bond acceptors (Lipinski definition) is 2. The molecule has 102 valence electrons. The molecule has 0 bridgehead atoms. The van der Waals surface area contributed by atoms with Crippen molar-refractivity contribution in [2.45, 2.75) is 57.5 Å². The molecule has 1 aliphatic rings. The number of aryl methyl sites for hydroxylation is 1. The fraction of sp³-hybridized carbons (Fsp3) is 0.588. The topological polar surface area (TPSA) is 33.0 Å². The molecule has 2 heteroatoms. The van der Waals surface area contributed by atoms with E-state index in [1.165, 1.54) is 11.1 Å². The molecule has 1 aliphatic heterocycles. The van der Waals surface area contributed by atoms with Crippen LogP contribution in [0.25, 0.3) is 0 Å². The van der Waals surface area contributed by atoms with E-state index in [0.29, 0.717) is 6.42 Å². The molecule has 2 nitrogen and oxygen atoms in total. The van der Waals surface area contributed by atoms with Crippen LogP contribution in [0.1, 0.15) is 50.7 Å². The van der Waals surface area contributed by atoms with Gasteiger partial charge in [0.15, 0.2) is 0 Å². The number of hydrogen-bond donors (Lipinski definition) is 0. The Labute approximate surface area is 116 Å². The Hall–Kier alpha value is -1.33. The maximum absolute atomic E-state index is 9.25. The number of rotatable bonds is 3. The minimum absolute atomic E-state index is 0.0363. The summed E-state index contributed by atoms with van der Waals surface area (Å²) in [5, 5.41) is 9.25. The number of nitriles is 1. The summed E-state index contributed by atoms with van der Waals surface area (Å²) < 4.78 is 5.95. The third-order valence-corrected chi connectivity index (χ3v) is 4.57. The zero-order valence-corrected chi connectivity index (χ0v) is 12.2. The number of benzene rings is 1. The Bertz CT molecular complexity index is 473. The molecule has 0 radical (unpaired) electrons. The van der Waals surface area contributed by atoms with Crippen LogP contribution in [0.15, 0.2) is 24.3 Å². The first kappa shape index (κ1) is 14.1. The van der Waals surface area contributed by atoms with Crippen LogP contribution in [0.3, 0.4) is 0 Å². The molecule has 0 aromatic heterocycles. The van der Waals surface area contributed by atoms with Crippen molar-refractivity contribution in [1.29, 1.82) is 5.26 Å². The van der Waals surface area contributed by atoms with Crippen molar-refractivity contribution in [2.24, 2.45) is 0 Å². The van der Waals surface area contributed by atoms with E-state index >= 15 is 0 Å². The van der Waals surface area contributed by atoms with Crippen molar-refractivity contribution >= 4 is 0 Å². The summed E-state index contributed by atoms with van der Waals surface area (Å²) >= 11 is 0. The van der Waals surface area contributed by atoms with Gasteiger partial charge in [-0.25, -0.2) is 0 Å². The Kier molecular flexibility index (Phi) is 3.96. The summed E-state index contributed by atoms with van der Waals surface area (Å²) in [6.07, 6.45) is 3.45. The van der Waals surface area contributed by atoms with Crippen LogP contribution in [0.5, 0.6) is 0 Å². The largest absolute Gasteiger partial charge is 0.375 e. The average Bonchev–Trinajstić information content (AvgIpc) is 2.40. The molecule has 1 fully saturated rings. The van der Waals surface area contributed by atoms with Gasteiger partial charge in [0.05, 0.1) is 11.7 Å². The summed E-state index contributed by atoms with van der Waals surface area (Å²) in [7, 11) is 0. The average molecular weight is 257 g/mol. The van der Waals surface area contributed by atoms with Gasteiger partial charge in [0.2, 0.25) is 0 Å². The molecule has 0 saturated carbocycles. The van der Waals surface area contributed by atoms with Crippen LogP contribution < -0.4 is 0 Å². The van der Waals surface area contributed by atoms with Crippen LogP contribution >= 0.6 is 0 Å². The van der Waals surface area contributed by atoms with Crippen LogP contribution in [-0.2, 0) is 10.2 Å². The minimum atomic E-state index is -0.0972. The summed E-state index contributed by atoms with van der Waals surface area (Å²) in [6.45, 7) is 7.19. The molecule has 0 N–H and O–H groups in total. The van der Waals surface area contributed by atoms with Gasteiger partial charge in [-0.2, -0.15) is 5.26 Å². The second kappa shape index (κ2) is 5.35. The lowest BCUT2D eigenvalue weighted by molar-refractivity contribution is -0.0957. The molecule has 1 saturated heterocycles. The fourth-order valence-corrected chi connectivity index (χ4v) is 3.13. The van der Waals surface area contributed by atoms with Gasteiger partial charge in [-0.05, 0) is 38.7 Å². The molecule has 0 spiro atoms. The standard InChI is InChI=1S/C17H23NO/c1-4-16(3)13-17(9-11-18,10-12-19-16)15-7-5-14(2)6-8-15/h5-8H,4,9-10,12-13H2,1-3H3/t16-,17+/m0/s1. The molecule has 1 heterocycles. The monoisotopic (exact) mass is 257 g/mol. The van der Waals surface area contributed by atoms with Gasteiger partial charge in [-0.1, -0.05) is 36.8 Å². The fourth-order valence-electron chi connectivity index (χ4n) is 3.13. The molecule has 2 rings (SSSR count). The maximum Gasteiger partial charge on any atom is 0.0660 e. The van der Waals surface area contributed by atoms with Crippen LogP contribution in [-0.4, -0.2) is 12.2 Å². The number of ether oxygens (including phenoxy) is 1. The molecule has 1 aromatic carbocycles. The quantitative estimate of drug-likeness (QED) is 0.815. The summed E-state index contributed by atoms with van der Waals surface area (Å²) in [6, 6.07) is 11.1. The van der Waals surface area contributed by atoms with Gasteiger partial charge in [-0.15, -0.1) is 0 Å². The zero-order chi connectivity index (χ0) is 13.9. The van der Waals surface area contributed by atoms with E-state index < -0.39 is 0 Å². The summed E-state index contributed by atoms with van der Waals surface area (Å²) in [5.74, 6) is 0. The van der Waals surface area contributed by atoms with Gasteiger partial charge < -0.3 is 4.74 Å². The van der Waals surface area contributed by atoms with E-state index in [9.17, 15) is 5.26 Å². The third-order valence-electron chi connectivity index (χ3n) is 4.57. The lowest BCUT2D eigenvalue weighted by Gasteiger charge is -2.45. The normalized spacial score (nSPS) is 30.8. The van der Waals surface area contributed by atoms with Gasteiger partial charge >= 0.3 is 0 Å².